The third kappa shape index (κ3) is 190. The van der Waals surface area contributed by atoms with Crippen LogP contribution in [-0.2, 0) is 33.0 Å². The van der Waals surface area contributed by atoms with Crippen molar-refractivity contribution >= 4 is 37.7 Å². The molecular formula is C14H34Cl4N2O2Pt2. The molecule has 10 heteroatoms. The van der Waals surface area contributed by atoms with E-state index in [0.29, 0.717) is 12.0 Å². The first kappa shape index (κ1) is 40.9. The maximum Gasteiger partial charge on any atom is -0.0710 e. The summed E-state index contributed by atoms with van der Waals surface area (Å²) < 4.78 is 0. The Morgan fingerprint density at radius 1 is 0.875 bits per heavy atom. The quantitative estimate of drug-likeness (QED) is 0.251. The van der Waals surface area contributed by atoms with Crippen LogP contribution in [0.4, 0.5) is 0 Å². The van der Waals surface area contributed by atoms with E-state index in [1.807, 2.05) is 13.8 Å². The Labute approximate surface area is 182 Å². The molecule has 0 amide bonds. The molecule has 2 rings (SSSR count). The van der Waals surface area contributed by atoms with Gasteiger partial charge in [-0.3, -0.25) is 0 Å². The van der Waals surface area contributed by atoms with Gasteiger partial charge in [-0.1, -0.05) is 53.4 Å². The second-order valence-corrected chi connectivity index (χ2v) is 11.9. The zero-order valence-corrected chi connectivity index (χ0v) is 22.3. The monoisotopic (exact) mass is 792 g/mol. The summed E-state index contributed by atoms with van der Waals surface area (Å²) in [5.41, 5.74) is 13.3. The maximum absolute atomic E-state index is 6.69. The van der Waals surface area contributed by atoms with E-state index in [2.05, 4.69) is 27.7 Å². The van der Waals surface area contributed by atoms with Gasteiger partial charge in [0.25, 0.3) is 0 Å². The molecule has 2 fully saturated rings. The largest absolute Gasteiger partial charge is 0.675 e. The fourth-order valence-electron chi connectivity index (χ4n) is 0.201. The van der Waals surface area contributed by atoms with Crippen molar-refractivity contribution in [3.63, 3.8) is 0 Å². The van der Waals surface area contributed by atoms with Crippen LogP contribution in [0, 0.1) is 25.7 Å². The van der Waals surface area contributed by atoms with E-state index in [1.165, 1.54) is 12.8 Å². The number of nitrogens with one attached hydrogen (secondary N) is 2. The van der Waals surface area contributed by atoms with Gasteiger partial charge in [-0.05, 0) is 0 Å². The minimum absolute atomic E-state index is 0. The molecule has 0 aromatic heterocycles. The van der Waals surface area contributed by atoms with Gasteiger partial charge in [0.1, 0.15) is 0 Å². The normalized spacial score (nSPS) is 13.6. The fourth-order valence-corrected chi connectivity index (χ4v) is 0.201. The van der Waals surface area contributed by atoms with Crippen LogP contribution in [0.25, 0.3) is 11.5 Å². The summed E-state index contributed by atoms with van der Waals surface area (Å²) in [6, 6.07) is 0.417. The van der Waals surface area contributed by atoms with Crippen molar-refractivity contribution in [3.05, 3.63) is 25.3 Å². The number of rotatable bonds is 0. The van der Waals surface area contributed by atoms with Crippen LogP contribution in [0.3, 0.4) is 0 Å². The van der Waals surface area contributed by atoms with Crippen LogP contribution in [0.5, 0.6) is 0 Å². The van der Waals surface area contributed by atoms with Gasteiger partial charge < -0.3 is 36.3 Å². The number of hydrogen-bond donors (Lipinski definition) is 0. The SMILES string of the molecule is CC(C)[NH-].O.O.[CH2-]C(C)C.[CH2-]C1CC1.[Cl][Pt+2][Cl].[Cl][Pt+2][Cl].[NH-]C1CC1. The molecule has 0 saturated heterocycles. The molecule has 24 heavy (non-hydrogen) atoms. The molecule has 0 radical (unpaired) electrons. The molecule has 6 N–H and O–H groups in total. The van der Waals surface area contributed by atoms with Crippen molar-refractivity contribution in [2.24, 2.45) is 11.8 Å². The molecular weight excluding hydrogens is 760 g/mol. The Kier molecular flexibility index (Phi) is 61.9. The van der Waals surface area contributed by atoms with E-state index in [1.54, 1.807) is 0 Å². The van der Waals surface area contributed by atoms with Gasteiger partial charge in [0.15, 0.2) is 0 Å². The van der Waals surface area contributed by atoms with Crippen LogP contribution in [-0.4, -0.2) is 23.0 Å². The predicted molar refractivity (Wildman–Crippen MR) is 106 cm³/mol. The van der Waals surface area contributed by atoms with Gasteiger partial charge in [-0.15, -0.1) is 12.1 Å². The van der Waals surface area contributed by atoms with Gasteiger partial charge in [0, 0.05) is 0 Å². The molecule has 0 aliphatic heterocycles. The second kappa shape index (κ2) is 36.3. The molecule has 4 nitrogen and oxygen atoms in total. The Hall–Kier alpha value is 2.38. The molecule has 160 valence electrons. The Bertz CT molecular complexity index is 157. The van der Waals surface area contributed by atoms with E-state index in [9.17, 15) is 0 Å². The second-order valence-electron chi connectivity index (χ2n) is 5.36. The minimum Gasteiger partial charge on any atom is -0.675 e. The van der Waals surface area contributed by atoms with Crippen molar-refractivity contribution in [1.82, 2.24) is 0 Å². The van der Waals surface area contributed by atoms with E-state index >= 15 is 0 Å². The van der Waals surface area contributed by atoms with Crippen LogP contribution in [0.2, 0.25) is 0 Å². The van der Waals surface area contributed by atoms with E-state index in [-0.39, 0.29) is 17.0 Å². The molecule has 2 aliphatic rings. The van der Waals surface area contributed by atoms with Gasteiger partial charge >= 0.3 is 70.6 Å². The third-order valence-corrected chi connectivity index (χ3v) is 1.27. The van der Waals surface area contributed by atoms with Crippen LogP contribution < -0.4 is 0 Å². The maximum atomic E-state index is 6.69. The van der Waals surface area contributed by atoms with E-state index < -0.39 is 33.0 Å². The molecule has 2 saturated carbocycles. The smallest absolute Gasteiger partial charge is 0.0710 e. The van der Waals surface area contributed by atoms with Gasteiger partial charge in [0.2, 0.25) is 0 Å². The molecule has 2 aliphatic carbocycles. The predicted octanol–water partition coefficient (Wildman–Crippen LogP) is 6.46. The first-order chi connectivity index (χ1) is 10.1. The zero-order valence-electron chi connectivity index (χ0n) is 14.7. The average molecular weight is 794 g/mol. The summed E-state index contributed by atoms with van der Waals surface area (Å²) in [6.07, 6.45) is 5.06. The van der Waals surface area contributed by atoms with Crippen LogP contribution in [0.1, 0.15) is 53.4 Å². The molecule has 0 unspecified atom stereocenters. The van der Waals surface area contributed by atoms with Crippen molar-refractivity contribution in [3.8, 4) is 0 Å². The van der Waals surface area contributed by atoms with Crippen molar-refractivity contribution in [2.45, 2.75) is 65.5 Å². The van der Waals surface area contributed by atoms with Crippen LogP contribution >= 0.6 is 37.7 Å². The van der Waals surface area contributed by atoms with Crippen LogP contribution in [0.15, 0.2) is 0 Å². The Morgan fingerprint density at radius 3 is 0.958 bits per heavy atom. The Morgan fingerprint density at radius 2 is 0.958 bits per heavy atom. The molecule has 0 aromatic rings. The molecule has 0 bridgehead atoms. The summed E-state index contributed by atoms with van der Waals surface area (Å²) in [4.78, 5) is 0. The van der Waals surface area contributed by atoms with Crippen molar-refractivity contribution in [1.29, 1.82) is 0 Å². The number of halogens is 4. The molecule has 0 atom stereocenters. The first-order valence-electron chi connectivity index (χ1n) is 6.81. The minimum atomic E-state index is -0.472. The Balaban J connectivity index is -0.0000000401. The van der Waals surface area contributed by atoms with Gasteiger partial charge in [-0.25, -0.2) is 0 Å². The summed E-state index contributed by atoms with van der Waals surface area (Å²) in [5.74, 6) is 1.42. The molecule has 0 spiro atoms. The zero-order chi connectivity index (χ0) is 18.6. The summed E-state index contributed by atoms with van der Waals surface area (Å²) in [5, 5.41) is 0. The first-order valence-corrected chi connectivity index (χ1v) is 18.1. The summed E-state index contributed by atoms with van der Waals surface area (Å²) >= 11 is -0.944. The molecule has 0 aromatic carbocycles. The number of hydrogen-bond acceptors (Lipinski definition) is 0. The standard InChI is InChI=1S/C4H7.C4H9.C3H6N.C3H8N.4ClH.2H2O.2Pt/c1-4-2-3-4;1-4(2)3;4-3-1-2-3;1-3(2)4;;;;;;;;/h4H,1-3H2;4H,1H2,2-3H3;3-4H,1-2H2;3-4H,1-2H3;4*1H;2*1H2;;/q4*-1;;;;;;;2*+4/p-4. The van der Waals surface area contributed by atoms with E-state index in [4.69, 9.17) is 49.1 Å². The fraction of sp³-hybridized carbons (Fsp3) is 0.857. The topological polar surface area (TPSA) is 111 Å². The average Bonchev–Trinajstić information content (AvgIpc) is 3.21. The third-order valence-electron chi connectivity index (χ3n) is 1.27. The summed E-state index contributed by atoms with van der Waals surface area (Å²) in [6.45, 7) is 15.2. The van der Waals surface area contributed by atoms with Gasteiger partial charge in [0.05, 0.1) is 0 Å². The van der Waals surface area contributed by atoms with Crippen molar-refractivity contribution in [2.75, 3.05) is 0 Å². The van der Waals surface area contributed by atoms with Gasteiger partial charge in [-0.2, -0.15) is 11.8 Å². The molecule has 0 heterocycles. The van der Waals surface area contributed by atoms with Crippen molar-refractivity contribution < 1.29 is 43.9 Å². The summed E-state index contributed by atoms with van der Waals surface area (Å²) in [7, 11) is 19.5. The van der Waals surface area contributed by atoms with E-state index in [0.717, 1.165) is 18.8 Å².